The average molecular weight is 377 g/mol. The fourth-order valence-corrected chi connectivity index (χ4v) is 4.07. The van der Waals surface area contributed by atoms with Crippen molar-refractivity contribution in [2.45, 2.75) is 18.4 Å². The predicted octanol–water partition coefficient (Wildman–Crippen LogP) is 4.19. The van der Waals surface area contributed by atoms with Gasteiger partial charge in [0.2, 0.25) is 0 Å². The lowest BCUT2D eigenvalue weighted by Gasteiger charge is -2.07. The highest BCUT2D eigenvalue weighted by molar-refractivity contribution is 7.92. The molecule has 1 aromatic heterocycles. The van der Waals surface area contributed by atoms with Crippen molar-refractivity contribution < 1.29 is 8.42 Å². The second kappa shape index (κ2) is 6.89. The Bertz CT molecular complexity index is 1190. The highest BCUT2D eigenvalue weighted by Crippen LogP contribution is 2.20. The summed E-state index contributed by atoms with van der Waals surface area (Å²) in [4.78, 5) is 0.231. The van der Waals surface area contributed by atoms with Crippen LogP contribution in [0.2, 0.25) is 0 Å². The topological polar surface area (TPSA) is 64.0 Å². The van der Waals surface area contributed by atoms with E-state index in [0.717, 1.165) is 16.5 Å². The first kappa shape index (κ1) is 17.3. The third kappa shape index (κ3) is 3.71. The highest BCUT2D eigenvalue weighted by atomic mass is 32.2. The molecule has 0 fully saturated rings. The van der Waals surface area contributed by atoms with Gasteiger partial charge in [-0.25, -0.2) is 8.42 Å². The normalized spacial score (nSPS) is 11.6. The minimum absolute atomic E-state index is 0.231. The number of sulfonamides is 1. The number of nitrogens with zero attached hydrogens (tertiary/aromatic N) is 2. The summed E-state index contributed by atoms with van der Waals surface area (Å²) in [6.07, 6.45) is 3.23. The zero-order valence-corrected chi connectivity index (χ0v) is 15.6. The Morgan fingerprint density at radius 1 is 0.963 bits per heavy atom. The van der Waals surface area contributed by atoms with E-state index in [1.54, 1.807) is 35.1 Å². The Kier molecular flexibility index (Phi) is 4.41. The summed E-state index contributed by atoms with van der Waals surface area (Å²) in [6.45, 7) is 2.48. The van der Waals surface area contributed by atoms with Crippen molar-refractivity contribution in [2.24, 2.45) is 0 Å². The molecule has 0 amide bonds. The molecule has 0 aliphatic carbocycles. The highest BCUT2D eigenvalue weighted by Gasteiger charge is 2.15. The standard InChI is InChI=1S/C21H19N3O2S/c1-16-9-11-20(12-10-16)27(25,26)23-19-13-22-24(15-19)14-18-7-4-6-17-5-2-3-8-21(17)18/h2-13,15,23H,14H2,1H3. The first-order valence-corrected chi connectivity index (χ1v) is 10.1. The Balaban J connectivity index is 1.56. The lowest BCUT2D eigenvalue weighted by atomic mass is 10.0. The van der Waals surface area contributed by atoms with Gasteiger partial charge >= 0.3 is 0 Å². The van der Waals surface area contributed by atoms with Gasteiger partial charge in [0.1, 0.15) is 0 Å². The maximum Gasteiger partial charge on any atom is 0.261 e. The van der Waals surface area contributed by atoms with Crippen LogP contribution in [0.1, 0.15) is 11.1 Å². The number of nitrogens with one attached hydrogen (secondary N) is 1. The predicted molar refractivity (Wildman–Crippen MR) is 107 cm³/mol. The molecule has 1 N–H and O–H groups in total. The molecule has 0 atom stereocenters. The molecule has 27 heavy (non-hydrogen) atoms. The molecule has 136 valence electrons. The number of aryl methyl sites for hydroxylation is 1. The van der Waals surface area contributed by atoms with E-state index in [-0.39, 0.29) is 4.90 Å². The number of rotatable bonds is 5. The largest absolute Gasteiger partial charge is 0.276 e. The minimum atomic E-state index is -3.63. The summed E-state index contributed by atoms with van der Waals surface area (Å²) in [5.41, 5.74) is 2.58. The molecule has 5 nitrogen and oxygen atoms in total. The van der Waals surface area contributed by atoms with Gasteiger partial charge in [-0.05, 0) is 35.4 Å². The lowest BCUT2D eigenvalue weighted by molar-refractivity contribution is 0.601. The summed E-state index contributed by atoms with van der Waals surface area (Å²) in [5, 5.41) is 6.63. The van der Waals surface area contributed by atoms with Gasteiger partial charge in [-0.1, -0.05) is 60.2 Å². The summed E-state index contributed by atoms with van der Waals surface area (Å²) >= 11 is 0. The van der Waals surface area contributed by atoms with Gasteiger partial charge in [0.25, 0.3) is 10.0 Å². The van der Waals surface area contributed by atoms with Crippen molar-refractivity contribution in [1.29, 1.82) is 0 Å². The van der Waals surface area contributed by atoms with E-state index in [2.05, 4.69) is 34.1 Å². The quantitative estimate of drug-likeness (QED) is 0.567. The van der Waals surface area contributed by atoms with Crippen LogP contribution in [0.25, 0.3) is 10.8 Å². The SMILES string of the molecule is Cc1ccc(S(=O)(=O)Nc2cnn(Cc3cccc4ccccc34)c2)cc1. The van der Waals surface area contributed by atoms with Crippen LogP contribution in [-0.4, -0.2) is 18.2 Å². The van der Waals surface area contributed by atoms with E-state index in [1.165, 1.54) is 11.6 Å². The number of hydrogen-bond acceptors (Lipinski definition) is 3. The average Bonchev–Trinajstić information content (AvgIpc) is 3.08. The fourth-order valence-electron chi connectivity index (χ4n) is 3.04. The molecular weight excluding hydrogens is 358 g/mol. The molecule has 6 heteroatoms. The van der Waals surface area contributed by atoms with Gasteiger partial charge in [0.15, 0.2) is 0 Å². The summed E-state index contributed by atoms with van der Waals surface area (Å²) < 4.78 is 29.3. The van der Waals surface area contributed by atoms with Crippen molar-refractivity contribution in [3.05, 3.63) is 90.3 Å². The Morgan fingerprint density at radius 2 is 1.70 bits per heavy atom. The summed E-state index contributed by atoms with van der Waals surface area (Å²) in [5.74, 6) is 0. The van der Waals surface area contributed by atoms with E-state index in [9.17, 15) is 8.42 Å². The van der Waals surface area contributed by atoms with Crippen LogP contribution in [0.15, 0.2) is 84.0 Å². The first-order chi connectivity index (χ1) is 13.0. The van der Waals surface area contributed by atoms with Gasteiger partial charge in [0, 0.05) is 6.20 Å². The molecule has 3 aromatic carbocycles. The maximum atomic E-state index is 12.5. The van der Waals surface area contributed by atoms with Crippen molar-refractivity contribution in [1.82, 2.24) is 9.78 Å². The van der Waals surface area contributed by atoms with Crippen LogP contribution in [0, 0.1) is 6.92 Å². The molecule has 0 unspecified atom stereocenters. The van der Waals surface area contributed by atoms with Crippen molar-refractivity contribution >= 4 is 26.5 Å². The maximum absolute atomic E-state index is 12.5. The second-order valence-electron chi connectivity index (χ2n) is 6.48. The van der Waals surface area contributed by atoms with Gasteiger partial charge < -0.3 is 0 Å². The number of benzene rings is 3. The number of anilines is 1. The van der Waals surface area contributed by atoms with Crippen molar-refractivity contribution in [2.75, 3.05) is 4.72 Å². The van der Waals surface area contributed by atoms with Crippen molar-refractivity contribution in [3.63, 3.8) is 0 Å². The van der Waals surface area contributed by atoms with Gasteiger partial charge in [0.05, 0.1) is 23.3 Å². The summed E-state index contributed by atoms with van der Waals surface area (Å²) in [6, 6.07) is 21.1. The molecule has 0 saturated heterocycles. The first-order valence-electron chi connectivity index (χ1n) is 8.60. The van der Waals surface area contributed by atoms with Crippen LogP contribution in [0.4, 0.5) is 5.69 Å². The third-order valence-corrected chi connectivity index (χ3v) is 5.83. The van der Waals surface area contributed by atoms with E-state index >= 15 is 0 Å². The van der Waals surface area contributed by atoms with E-state index in [0.29, 0.717) is 12.2 Å². The van der Waals surface area contributed by atoms with Crippen LogP contribution < -0.4 is 4.72 Å². The fraction of sp³-hybridized carbons (Fsp3) is 0.0952. The Hall–Kier alpha value is -3.12. The summed E-state index contributed by atoms with van der Waals surface area (Å²) in [7, 11) is -3.63. The molecule has 4 aromatic rings. The number of hydrogen-bond donors (Lipinski definition) is 1. The monoisotopic (exact) mass is 377 g/mol. The minimum Gasteiger partial charge on any atom is -0.276 e. The lowest BCUT2D eigenvalue weighted by Crippen LogP contribution is -2.12. The van der Waals surface area contributed by atoms with Crippen LogP contribution >= 0.6 is 0 Å². The van der Waals surface area contributed by atoms with Crippen molar-refractivity contribution in [3.8, 4) is 0 Å². The van der Waals surface area contributed by atoms with E-state index < -0.39 is 10.0 Å². The van der Waals surface area contributed by atoms with Crippen LogP contribution in [-0.2, 0) is 16.6 Å². The molecule has 0 aliphatic heterocycles. The number of aromatic nitrogens is 2. The zero-order valence-electron chi connectivity index (χ0n) is 14.8. The molecule has 4 rings (SSSR count). The second-order valence-corrected chi connectivity index (χ2v) is 8.17. The Labute approximate surface area is 158 Å². The third-order valence-electron chi connectivity index (χ3n) is 4.43. The number of fused-ring (bicyclic) bond motifs is 1. The van der Waals surface area contributed by atoms with E-state index in [1.807, 2.05) is 25.1 Å². The molecule has 0 radical (unpaired) electrons. The smallest absolute Gasteiger partial charge is 0.261 e. The molecule has 0 spiro atoms. The van der Waals surface area contributed by atoms with Gasteiger partial charge in [-0.2, -0.15) is 5.10 Å². The molecule has 0 saturated carbocycles. The zero-order chi connectivity index (χ0) is 18.9. The molecule has 1 heterocycles. The van der Waals surface area contributed by atoms with Gasteiger partial charge in [-0.15, -0.1) is 0 Å². The molecule has 0 aliphatic rings. The Morgan fingerprint density at radius 3 is 2.52 bits per heavy atom. The van der Waals surface area contributed by atoms with Crippen LogP contribution in [0.5, 0.6) is 0 Å². The molecule has 0 bridgehead atoms. The van der Waals surface area contributed by atoms with E-state index in [4.69, 9.17) is 0 Å². The van der Waals surface area contributed by atoms with Gasteiger partial charge in [-0.3, -0.25) is 9.40 Å². The van der Waals surface area contributed by atoms with Crippen LogP contribution in [0.3, 0.4) is 0 Å². The molecular formula is C21H19N3O2S.